The number of ether oxygens (including phenoxy) is 1. The third-order valence-corrected chi connectivity index (χ3v) is 3.68. The number of thioether (sulfide) groups is 1. The molecule has 3 N–H and O–H groups in total. The monoisotopic (exact) mass is 288 g/mol. The predicted octanol–water partition coefficient (Wildman–Crippen LogP) is 2.17. The fourth-order valence-corrected chi connectivity index (χ4v) is 2.23. The first-order valence-corrected chi connectivity index (χ1v) is 7.64. The minimum Gasteiger partial charge on any atom is -0.422 e. The minimum absolute atomic E-state index is 0.300. The molecule has 0 heterocycles. The van der Waals surface area contributed by atoms with E-state index in [0.717, 1.165) is 10.5 Å². The Hall–Kier alpha value is -1.78. The summed E-state index contributed by atoms with van der Waals surface area (Å²) in [5.41, 5.74) is 4.97. The van der Waals surface area contributed by atoms with Gasteiger partial charge >= 0.3 is 5.97 Å². The molecule has 2 aromatic rings. The zero-order valence-electron chi connectivity index (χ0n) is 11.4. The molecule has 0 aliphatic carbocycles. The molecule has 0 amide bonds. The van der Waals surface area contributed by atoms with Crippen molar-refractivity contribution in [1.82, 2.24) is 0 Å². The third-order valence-electron chi connectivity index (χ3n) is 2.94. The van der Waals surface area contributed by atoms with E-state index in [1.807, 2.05) is 48.7 Å². The lowest BCUT2D eigenvalue weighted by Gasteiger charge is -2.09. The fourth-order valence-electron chi connectivity index (χ4n) is 1.83. The predicted molar refractivity (Wildman–Crippen MR) is 80.7 cm³/mol. The molecular formula is C16H18NO2S+. The second kappa shape index (κ2) is 7.12. The van der Waals surface area contributed by atoms with E-state index >= 15 is 0 Å². The molecule has 2 rings (SSSR count). The van der Waals surface area contributed by atoms with Crippen LogP contribution in [0.1, 0.15) is 5.56 Å². The van der Waals surface area contributed by atoms with Gasteiger partial charge in [0.2, 0.25) is 0 Å². The summed E-state index contributed by atoms with van der Waals surface area (Å²) in [6.07, 6.45) is 2.59. The van der Waals surface area contributed by atoms with Gasteiger partial charge in [-0.25, -0.2) is 4.79 Å². The van der Waals surface area contributed by atoms with Crippen LogP contribution in [-0.2, 0) is 11.2 Å². The first kappa shape index (κ1) is 14.6. The van der Waals surface area contributed by atoms with Gasteiger partial charge in [0, 0.05) is 11.3 Å². The number of benzene rings is 2. The molecule has 3 nitrogen and oxygen atoms in total. The van der Waals surface area contributed by atoms with E-state index in [2.05, 4.69) is 5.73 Å². The largest absolute Gasteiger partial charge is 0.422 e. The van der Waals surface area contributed by atoms with E-state index < -0.39 is 6.04 Å². The zero-order chi connectivity index (χ0) is 14.4. The molecule has 0 spiro atoms. The van der Waals surface area contributed by atoms with Crippen LogP contribution >= 0.6 is 11.8 Å². The second-order valence-electron chi connectivity index (χ2n) is 4.48. The van der Waals surface area contributed by atoms with Crippen LogP contribution in [0, 0.1) is 0 Å². The van der Waals surface area contributed by atoms with Crippen molar-refractivity contribution in [3.05, 3.63) is 60.2 Å². The van der Waals surface area contributed by atoms with Gasteiger partial charge in [0.15, 0.2) is 6.04 Å². The molecule has 0 radical (unpaired) electrons. The lowest BCUT2D eigenvalue weighted by Crippen LogP contribution is -2.67. The molecule has 0 fully saturated rings. The Morgan fingerprint density at radius 1 is 1.15 bits per heavy atom. The van der Waals surface area contributed by atoms with Crippen molar-refractivity contribution in [3.63, 3.8) is 0 Å². The summed E-state index contributed by atoms with van der Waals surface area (Å²) < 4.78 is 5.34. The summed E-state index contributed by atoms with van der Waals surface area (Å²) in [5.74, 6) is 0.264. The summed E-state index contributed by atoms with van der Waals surface area (Å²) in [7, 11) is 0. The highest BCUT2D eigenvalue weighted by Gasteiger charge is 2.20. The van der Waals surface area contributed by atoms with Crippen LogP contribution in [0.2, 0.25) is 0 Å². The maximum atomic E-state index is 12.0. The van der Waals surface area contributed by atoms with Crippen molar-refractivity contribution >= 4 is 17.7 Å². The molecule has 0 saturated heterocycles. The van der Waals surface area contributed by atoms with Crippen molar-refractivity contribution in [2.45, 2.75) is 17.4 Å². The highest BCUT2D eigenvalue weighted by Crippen LogP contribution is 2.19. The van der Waals surface area contributed by atoms with Gasteiger partial charge in [-0.15, -0.1) is 11.8 Å². The van der Waals surface area contributed by atoms with Gasteiger partial charge in [0.05, 0.1) is 0 Å². The van der Waals surface area contributed by atoms with Crippen molar-refractivity contribution in [3.8, 4) is 5.75 Å². The summed E-state index contributed by atoms with van der Waals surface area (Å²) >= 11 is 1.65. The van der Waals surface area contributed by atoms with Gasteiger partial charge in [0.1, 0.15) is 5.75 Å². The Kier molecular flexibility index (Phi) is 5.21. The quantitative estimate of drug-likeness (QED) is 0.521. The summed E-state index contributed by atoms with van der Waals surface area (Å²) in [6.45, 7) is 0. The topological polar surface area (TPSA) is 53.9 Å². The van der Waals surface area contributed by atoms with Gasteiger partial charge in [-0.2, -0.15) is 0 Å². The number of rotatable bonds is 5. The Labute approximate surface area is 123 Å². The molecule has 0 bridgehead atoms. The van der Waals surface area contributed by atoms with E-state index in [4.69, 9.17) is 4.74 Å². The number of esters is 1. The Bertz CT molecular complexity index is 554. The van der Waals surface area contributed by atoms with Crippen molar-refractivity contribution in [2.75, 3.05) is 6.26 Å². The van der Waals surface area contributed by atoms with E-state index in [9.17, 15) is 4.79 Å². The van der Waals surface area contributed by atoms with Crippen LogP contribution in [0.4, 0.5) is 0 Å². The van der Waals surface area contributed by atoms with Crippen molar-refractivity contribution in [1.29, 1.82) is 0 Å². The molecule has 20 heavy (non-hydrogen) atoms. The van der Waals surface area contributed by atoms with E-state index in [-0.39, 0.29) is 5.97 Å². The van der Waals surface area contributed by atoms with Gasteiger partial charge in [0.25, 0.3) is 0 Å². The highest BCUT2D eigenvalue weighted by molar-refractivity contribution is 7.98. The average Bonchev–Trinajstić information content (AvgIpc) is 2.49. The smallest absolute Gasteiger partial charge is 0.370 e. The first-order chi connectivity index (χ1) is 9.69. The summed E-state index contributed by atoms with van der Waals surface area (Å²) in [5, 5.41) is 0. The maximum Gasteiger partial charge on any atom is 0.370 e. The Morgan fingerprint density at radius 3 is 2.40 bits per heavy atom. The van der Waals surface area contributed by atoms with Gasteiger partial charge in [-0.1, -0.05) is 30.3 Å². The number of carbonyl (C=O) groups is 1. The molecule has 1 atom stereocenters. The lowest BCUT2D eigenvalue weighted by atomic mass is 10.1. The Balaban J connectivity index is 1.93. The Morgan fingerprint density at radius 2 is 1.80 bits per heavy atom. The van der Waals surface area contributed by atoms with E-state index in [1.165, 1.54) is 0 Å². The SMILES string of the molecule is CSc1ccc(OC(=O)[C@@H]([NH3+])Cc2ccccc2)cc1. The molecule has 0 saturated carbocycles. The van der Waals surface area contributed by atoms with E-state index in [1.54, 1.807) is 23.9 Å². The first-order valence-electron chi connectivity index (χ1n) is 6.42. The standard InChI is InChI=1S/C16H17NO2S/c1-20-14-9-7-13(8-10-14)19-16(18)15(17)11-12-5-3-2-4-6-12/h2-10,15H,11,17H2,1H3/p+1/t15-/m0/s1. The lowest BCUT2D eigenvalue weighted by molar-refractivity contribution is -0.406. The van der Waals surface area contributed by atoms with Crippen LogP contribution < -0.4 is 10.5 Å². The van der Waals surface area contributed by atoms with Crippen molar-refractivity contribution < 1.29 is 15.3 Å². The van der Waals surface area contributed by atoms with Crippen LogP contribution in [0.15, 0.2) is 59.5 Å². The molecule has 104 valence electrons. The van der Waals surface area contributed by atoms with Crippen LogP contribution in [0.5, 0.6) is 5.75 Å². The minimum atomic E-state index is -0.405. The van der Waals surface area contributed by atoms with Crippen LogP contribution in [0.3, 0.4) is 0 Å². The molecule has 0 aromatic heterocycles. The molecule has 4 heteroatoms. The third kappa shape index (κ3) is 4.11. The summed E-state index contributed by atoms with van der Waals surface area (Å²) in [4.78, 5) is 13.1. The highest BCUT2D eigenvalue weighted by atomic mass is 32.2. The number of carbonyl (C=O) groups excluding carboxylic acids is 1. The van der Waals surface area contributed by atoms with Gasteiger partial charge in [-0.3, -0.25) is 0 Å². The molecular weight excluding hydrogens is 270 g/mol. The van der Waals surface area contributed by atoms with Gasteiger partial charge in [-0.05, 0) is 36.1 Å². The second-order valence-corrected chi connectivity index (χ2v) is 5.36. The normalized spacial score (nSPS) is 11.9. The molecule has 0 aliphatic heterocycles. The number of hydrogen-bond acceptors (Lipinski definition) is 3. The van der Waals surface area contributed by atoms with Gasteiger partial charge < -0.3 is 10.5 Å². The van der Waals surface area contributed by atoms with Crippen molar-refractivity contribution in [2.24, 2.45) is 0 Å². The summed E-state index contributed by atoms with van der Waals surface area (Å²) in [6, 6.07) is 16.9. The fraction of sp³-hybridized carbons (Fsp3) is 0.188. The average molecular weight is 288 g/mol. The molecule has 2 aromatic carbocycles. The number of quaternary nitrogens is 1. The zero-order valence-corrected chi connectivity index (χ0v) is 12.2. The molecule has 0 aliphatic rings. The maximum absolute atomic E-state index is 12.0. The molecule has 0 unspecified atom stereocenters. The van der Waals surface area contributed by atoms with Crippen LogP contribution in [-0.4, -0.2) is 18.3 Å². The number of hydrogen-bond donors (Lipinski definition) is 1. The van der Waals surface area contributed by atoms with Crippen LogP contribution in [0.25, 0.3) is 0 Å². The van der Waals surface area contributed by atoms with E-state index in [0.29, 0.717) is 12.2 Å².